The van der Waals surface area contributed by atoms with Crippen molar-refractivity contribution in [3.05, 3.63) is 77.2 Å². The molecule has 2 atom stereocenters. The van der Waals surface area contributed by atoms with Gasteiger partial charge in [0.15, 0.2) is 0 Å². The first-order valence-electron chi connectivity index (χ1n) is 14.5. The number of esters is 1. The molecule has 0 bridgehead atoms. The minimum Gasteiger partial charge on any atom is -0.493 e. The minimum atomic E-state index is -0.354. The van der Waals surface area contributed by atoms with Crippen LogP contribution in [0.15, 0.2) is 70.4 Å². The fourth-order valence-electron chi connectivity index (χ4n) is 4.78. The van der Waals surface area contributed by atoms with Crippen LogP contribution < -0.4 is 10.4 Å². The van der Waals surface area contributed by atoms with Crippen LogP contribution in [0.4, 0.5) is 0 Å². The Morgan fingerprint density at radius 3 is 2.38 bits per heavy atom. The zero-order valence-electron chi connectivity index (χ0n) is 23.9. The summed E-state index contributed by atoms with van der Waals surface area (Å²) >= 11 is 0. The number of unbranched alkanes of at least 4 members (excludes halogenated alkanes) is 3. The lowest BCUT2D eigenvalue weighted by atomic mass is 9.88. The summed E-state index contributed by atoms with van der Waals surface area (Å²) in [6.45, 7) is 11.2. The van der Waals surface area contributed by atoms with Gasteiger partial charge >= 0.3 is 11.6 Å². The molecular formula is C34H44O5. The number of hydrogen-bond acceptors (Lipinski definition) is 5. The van der Waals surface area contributed by atoms with Crippen molar-refractivity contribution in [1.82, 2.24) is 0 Å². The summed E-state index contributed by atoms with van der Waals surface area (Å²) in [4.78, 5) is 23.9. The monoisotopic (exact) mass is 532 g/mol. The predicted octanol–water partition coefficient (Wildman–Crippen LogP) is 8.52. The number of rotatable bonds is 17. The molecule has 2 unspecified atom stereocenters. The maximum absolute atomic E-state index is 12.8. The molecule has 3 aromatic rings. The largest absolute Gasteiger partial charge is 0.493 e. The maximum atomic E-state index is 12.8. The Morgan fingerprint density at radius 2 is 1.67 bits per heavy atom. The van der Waals surface area contributed by atoms with Crippen molar-refractivity contribution >= 4 is 16.9 Å². The Balaban J connectivity index is 1.45. The second-order valence-electron chi connectivity index (χ2n) is 10.6. The summed E-state index contributed by atoms with van der Waals surface area (Å²) in [6, 6.07) is 15.8. The van der Waals surface area contributed by atoms with E-state index in [4.69, 9.17) is 13.9 Å². The van der Waals surface area contributed by atoms with Gasteiger partial charge in [-0.1, -0.05) is 70.9 Å². The van der Waals surface area contributed by atoms with E-state index in [1.54, 1.807) is 6.07 Å². The Kier molecular flexibility index (Phi) is 12.3. The molecule has 0 spiro atoms. The summed E-state index contributed by atoms with van der Waals surface area (Å²) in [5.41, 5.74) is 2.97. The third-order valence-corrected chi connectivity index (χ3v) is 7.55. The predicted molar refractivity (Wildman–Crippen MR) is 159 cm³/mol. The molecule has 1 heterocycles. The fraction of sp³-hybridized carbons (Fsp3) is 0.471. The van der Waals surface area contributed by atoms with Crippen LogP contribution in [0.25, 0.3) is 22.1 Å². The van der Waals surface area contributed by atoms with Gasteiger partial charge in [0.1, 0.15) is 11.3 Å². The summed E-state index contributed by atoms with van der Waals surface area (Å²) < 4.78 is 16.7. The highest BCUT2D eigenvalue weighted by molar-refractivity contribution is 5.83. The average molecular weight is 533 g/mol. The molecule has 1 aromatic heterocycles. The summed E-state index contributed by atoms with van der Waals surface area (Å²) in [5.74, 6) is 1.53. The number of benzene rings is 2. The summed E-state index contributed by atoms with van der Waals surface area (Å²) in [7, 11) is 0. The van der Waals surface area contributed by atoms with E-state index in [1.807, 2.05) is 30.3 Å². The van der Waals surface area contributed by atoms with Crippen LogP contribution in [-0.2, 0) is 16.0 Å². The summed E-state index contributed by atoms with van der Waals surface area (Å²) in [5, 5.41) is 0.881. The highest BCUT2D eigenvalue weighted by Gasteiger charge is 2.13. The maximum Gasteiger partial charge on any atom is 0.344 e. The van der Waals surface area contributed by atoms with Gasteiger partial charge in [-0.2, -0.15) is 0 Å². The molecule has 2 aromatic carbocycles. The normalized spacial score (nSPS) is 12.7. The SMILES string of the molecule is C=CC(=O)OCCCC(C)C(C)CCCCOc1ccc2cc(-c3ccc(CCCCC)cc3)c(=O)oc2c1. The third kappa shape index (κ3) is 9.72. The molecule has 0 fully saturated rings. The first-order chi connectivity index (χ1) is 18.9. The van der Waals surface area contributed by atoms with Crippen LogP contribution in [0.3, 0.4) is 0 Å². The standard InChI is InChI=1S/C34H44O5/c1-5-7-8-14-27-15-17-28(18-16-27)31-23-29-19-20-30(24-32(29)39-34(31)36)37-21-10-9-12-25(3)26(4)13-11-22-38-33(35)6-2/h6,15-20,23-26H,2,5,7-14,21-22H2,1,3-4H3. The molecule has 0 aliphatic heterocycles. The highest BCUT2D eigenvalue weighted by Crippen LogP contribution is 2.26. The molecule has 0 aliphatic rings. The van der Waals surface area contributed by atoms with Gasteiger partial charge in [0.2, 0.25) is 0 Å². The van der Waals surface area contributed by atoms with Crippen LogP contribution >= 0.6 is 0 Å². The van der Waals surface area contributed by atoms with Crippen molar-refractivity contribution in [2.24, 2.45) is 11.8 Å². The van der Waals surface area contributed by atoms with E-state index in [0.717, 1.165) is 49.5 Å². The smallest absolute Gasteiger partial charge is 0.344 e. The molecule has 39 heavy (non-hydrogen) atoms. The average Bonchev–Trinajstić information content (AvgIpc) is 2.94. The Hall–Kier alpha value is -3.34. The van der Waals surface area contributed by atoms with Gasteiger partial charge in [-0.25, -0.2) is 9.59 Å². The van der Waals surface area contributed by atoms with Crippen molar-refractivity contribution in [2.75, 3.05) is 13.2 Å². The Morgan fingerprint density at radius 1 is 0.923 bits per heavy atom. The Labute approximate surface area is 233 Å². The van der Waals surface area contributed by atoms with Crippen LogP contribution in [0.5, 0.6) is 5.75 Å². The van der Waals surface area contributed by atoms with E-state index >= 15 is 0 Å². The van der Waals surface area contributed by atoms with Gasteiger partial charge in [0, 0.05) is 17.5 Å². The number of ether oxygens (including phenoxy) is 2. The van der Waals surface area contributed by atoms with E-state index in [0.29, 0.717) is 41.9 Å². The highest BCUT2D eigenvalue weighted by atomic mass is 16.5. The molecule has 0 N–H and O–H groups in total. The van der Waals surface area contributed by atoms with E-state index < -0.39 is 0 Å². The molecule has 0 saturated heterocycles. The van der Waals surface area contributed by atoms with Gasteiger partial charge < -0.3 is 13.9 Å². The fourth-order valence-corrected chi connectivity index (χ4v) is 4.78. The zero-order chi connectivity index (χ0) is 28.0. The molecule has 5 heteroatoms. The first kappa shape index (κ1) is 30.2. The number of carbonyl (C=O) groups is 1. The van der Waals surface area contributed by atoms with E-state index in [-0.39, 0.29) is 11.6 Å². The molecule has 0 amide bonds. The van der Waals surface area contributed by atoms with Crippen LogP contribution in [0.2, 0.25) is 0 Å². The van der Waals surface area contributed by atoms with Crippen LogP contribution in [-0.4, -0.2) is 19.2 Å². The van der Waals surface area contributed by atoms with Crippen molar-refractivity contribution < 1.29 is 18.7 Å². The topological polar surface area (TPSA) is 65.7 Å². The molecule has 5 nitrogen and oxygen atoms in total. The van der Waals surface area contributed by atoms with E-state index in [2.05, 4.69) is 39.5 Å². The molecule has 0 radical (unpaired) electrons. The molecule has 210 valence electrons. The molecule has 0 saturated carbocycles. The van der Waals surface area contributed by atoms with Gasteiger partial charge in [0.25, 0.3) is 0 Å². The van der Waals surface area contributed by atoms with E-state index in [1.165, 1.54) is 30.9 Å². The van der Waals surface area contributed by atoms with E-state index in [9.17, 15) is 9.59 Å². The van der Waals surface area contributed by atoms with Crippen molar-refractivity contribution in [3.8, 4) is 16.9 Å². The van der Waals surface area contributed by atoms with Gasteiger partial charge in [-0.15, -0.1) is 0 Å². The number of aryl methyl sites for hydroxylation is 1. The van der Waals surface area contributed by atoms with Crippen molar-refractivity contribution in [3.63, 3.8) is 0 Å². The van der Waals surface area contributed by atoms with Gasteiger partial charge in [-0.3, -0.25) is 0 Å². The second-order valence-corrected chi connectivity index (χ2v) is 10.6. The third-order valence-electron chi connectivity index (χ3n) is 7.55. The molecular weight excluding hydrogens is 488 g/mol. The number of carbonyl (C=O) groups excluding carboxylic acids is 1. The second kappa shape index (κ2) is 15.9. The lowest BCUT2D eigenvalue weighted by Gasteiger charge is -2.19. The lowest BCUT2D eigenvalue weighted by Crippen LogP contribution is -2.11. The zero-order valence-corrected chi connectivity index (χ0v) is 23.9. The Bertz CT molecular complexity index is 1240. The van der Waals surface area contributed by atoms with Crippen molar-refractivity contribution in [1.29, 1.82) is 0 Å². The minimum absolute atomic E-state index is 0.333. The van der Waals surface area contributed by atoms with Crippen LogP contribution in [0, 0.1) is 11.8 Å². The number of fused-ring (bicyclic) bond motifs is 1. The lowest BCUT2D eigenvalue weighted by molar-refractivity contribution is -0.137. The van der Waals surface area contributed by atoms with Crippen LogP contribution in [0.1, 0.15) is 77.7 Å². The quantitative estimate of drug-likeness (QED) is 0.0754. The molecule has 3 rings (SSSR count). The van der Waals surface area contributed by atoms with Gasteiger partial charge in [0.05, 0.1) is 18.8 Å². The van der Waals surface area contributed by atoms with Gasteiger partial charge in [-0.05, 0) is 79.7 Å². The molecule has 0 aliphatic carbocycles. The first-order valence-corrected chi connectivity index (χ1v) is 14.5. The summed E-state index contributed by atoms with van der Waals surface area (Å²) in [6.07, 6.45) is 11.0. The van der Waals surface area contributed by atoms with Crippen molar-refractivity contribution in [2.45, 2.75) is 78.6 Å². The number of hydrogen-bond donors (Lipinski definition) is 0.